The highest BCUT2D eigenvalue weighted by atomic mass is 16.5. The van der Waals surface area contributed by atoms with Crippen LogP contribution in [0, 0.1) is 5.92 Å². The van der Waals surface area contributed by atoms with E-state index in [1.165, 1.54) is 4.90 Å². The van der Waals surface area contributed by atoms with E-state index < -0.39 is 18.0 Å². The van der Waals surface area contributed by atoms with Crippen LogP contribution in [0.5, 0.6) is 0 Å². The summed E-state index contributed by atoms with van der Waals surface area (Å²) in [5.41, 5.74) is 4.57. The van der Waals surface area contributed by atoms with E-state index in [4.69, 9.17) is 9.84 Å². The Bertz CT molecular complexity index is 929. The Balaban J connectivity index is 1.58. The number of aliphatic carboxylic acids is 1. The zero-order valence-electron chi connectivity index (χ0n) is 18.5. The molecule has 0 bridgehead atoms. The Morgan fingerprint density at radius 3 is 2.16 bits per heavy atom. The number of benzene rings is 2. The minimum absolute atomic E-state index is 0.0348. The van der Waals surface area contributed by atoms with Gasteiger partial charge in [0.25, 0.3) is 0 Å². The van der Waals surface area contributed by atoms with Gasteiger partial charge in [-0.2, -0.15) is 0 Å². The van der Waals surface area contributed by atoms with Gasteiger partial charge in [-0.25, -0.2) is 4.79 Å². The van der Waals surface area contributed by atoms with Crippen molar-refractivity contribution in [3.63, 3.8) is 0 Å². The number of rotatable bonds is 10. The van der Waals surface area contributed by atoms with Crippen molar-refractivity contribution in [2.75, 3.05) is 26.2 Å². The molecule has 7 heteroatoms. The van der Waals surface area contributed by atoms with Crippen molar-refractivity contribution >= 4 is 18.0 Å². The highest BCUT2D eigenvalue weighted by Crippen LogP contribution is 2.44. The number of nitrogens with one attached hydrogen (secondary N) is 1. The molecule has 0 spiro atoms. The zero-order chi connectivity index (χ0) is 23.1. The summed E-state index contributed by atoms with van der Waals surface area (Å²) in [4.78, 5) is 37.5. The SMILES string of the molecule is CCCN(CC(=O)O)C(=O)C(CC)CNC(=O)OCC1c2ccccc2-c2ccccc21. The monoisotopic (exact) mass is 438 g/mol. The molecule has 2 amide bonds. The second-order valence-corrected chi connectivity index (χ2v) is 7.97. The van der Waals surface area contributed by atoms with Crippen LogP contribution in [0.2, 0.25) is 0 Å². The largest absolute Gasteiger partial charge is 0.480 e. The topological polar surface area (TPSA) is 95.9 Å². The van der Waals surface area contributed by atoms with Crippen molar-refractivity contribution in [3.8, 4) is 11.1 Å². The van der Waals surface area contributed by atoms with E-state index >= 15 is 0 Å². The molecule has 0 radical (unpaired) electrons. The van der Waals surface area contributed by atoms with Crippen LogP contribution in [-0.2, 0) is 14.3 Å². The molecule has 7 nitrogen and oxygen atoms in total. The maximum atomic E-state index is 12.7. The van der Waals surface area contributed by atoms with Crippen molar-refractivity contribution < 1.29 is 24.2 Å². The molecule has 3 rings (SSSR count). The van der Waals surface area contributed by atoms with Crippen molar-refractivity contribution in [3.05, 3.63) is 59.7 Å². The first-order valence-electron chi connectivity index (χ1n) is 11.1. The smallest absolute Gasteiger partial charge is 0.407 e. The zero-order valence-corrected chi connectivity index (χ0v) is 18.5. The van der Waals surface area contributed by atoms with Gasteiger partial charge < -0.3 is 20.1 Å². The summed E-state index contributed by atoms with van der Waals surface area (Å²) in [6, 6.07) is 16.2. The molecule has 0 fully saturated rings. The lowest BCUT2D eigenvalue weighted by Gasteiger charge is -2.25. The maximum absolute atomic E-state index is 12.7. The molecule has 32 heavy (non-hydrogen) atoms. The van der Waals surface area contributed by atoms with E-state index in [0.717, 1.165) is 22.3 Å². The fourth-order valence-electron chi connectivity index (χ4n) is 4.22. The van der Waals surface area contributed by atoms with Crippen molar-refractivity contribution in [2.45, 2.75) is 32.6 Å². The summed E-state index contributed by atoms with van der Waals surface area (Å²) in [5, 5.41) is 11.7. The Labute approximate surface area is 188 Å². The number of carboxylic acids is 1. The molecule has 0 heterocycles. The Morgan fingerprint density at radius 1 is 1.03 bits per heavy atom. The first kappa shape index (κ1) is 23.3. The number of carboxylic acid groups (broad SMARTS) is 1. The van der Waals surface area contributed by atoms with Crippen molar-refractivity contribution in [2.24, 2.45) is 5.92 Å². The highest BCUT2D eigenvalue weighted by Gasteiger charge is 2.29. The number of fused-ring (bicyclic) bond motifs is 3. The summed E-state index contributed by atoms with van der Waals surface area (Å²) in [5.74, 6) is -1.85. The Kier molecular flexibility index (Phi) is 7.87. The van der Waals surface area contributed by atoms with Gasteiger partial charge in [-0.3, -0.25) is 9.59 Å². The second kappa shape index (κ2) is 10.8. The van der Waals surface area contributed by atoms with E-state index in [1.807, 2.05) is 38.1 Å². The van der Waals surface area contributed by atoms with Gasteiger partial charge in [0, 0.05) is 19.0 Å². The average Bonchev–Trinajstić information content (AvgIpc) is 3.11. The molecule has 0 saturated heterocycles. The molecule has 1 aliphatic rings. The van der Waals surface area contributed by atoms with E-state index in [-0.39, 0.29) is 31.5 Å². The third kappa shape index (κ3) is 5.28. The maximum Gasteiger partial charge on any atom is 0.407 e. The molecule has 170 valence electrons. The van der Waals surface area contributed by atoms with E-state index in [9.17, 15) is 14.4 Å². The van der Waals surface area contributed by atoms with Crippen LogP contribution in [0.1, 0.15) is 43.7 Å². The first-order valence-corrected chi connectivity index (χ1v) is 11.1. The number of nitrogens with zero attached hydrogens (tertiary/aromatic N) is 1. The molecule has 1 atom stereocenters. The average molecular weight is 439 g/mol. The van der Waals surface area contributed by atoms with E-state index in [0.29, 0.717) is 19.4 Å². The van der Waals surface area contributed by atoms with Crippen LogP contribution >= 0.6 is 0 Å². The van der Waals surface area contributed by atoms with Crippen LogP contribution in [0.3, 0.4) is 0 Å². The predicted octanol–water partition coefficient (Wildman–Crippen LogP) is 3.87. The van der Waals surface area contributed by atoms with Crippen LogP contribution < -0.4 is 5.32 Å². The third-order valence-electron chi connectivity index (χ3n) is 5.81. The normalized spacial score (nSPS) is 13.1. The van der Waals surface area contributed by atoms with E-state index in [2.05, 4.69) is 29.6 Å². The quantitative estimate of drug-likeness (QED) is 0.587. The Hall–Kier alpha value is -3.35. The number of hydrogen-bond donors (Lipinski definition) is 2. The van der Waals surface area contributed by atoms with Gasteiger partial charge in [0.15, 0.2) is 0 Å². The van der Waals surface area contributed by atoms with E-state index in [1.54, 1.807) is 0 Å². The van der Waals surface area contributed by atoms with Crippen LogP contribution in [-0.4, -0.2) is 54.2 Å². The molecule has 2 aromatic carbocycles. The van der Waals surface area contributed by atoms with Gasteiger partial charge in [0.2, 0.25) is 5.91 Å². The molecule has 1 aliphatic carbocycles. The highest BCUT2D eigenvalue weighted by molar-refractivity contribution is 5.84. The number of hydrogen-bond acceptors (Lipinski definition) is 4. The number of carbonyl (C=O) groups excluding carboxylic acids is 2. The first-order chi connectivity index (χ1) is 15.5. The summed E-state index contributed by atoms with van der Waals surface area (Å²) in [7, 11) is 0. The molecule has 2 aromatic rings. The van der Waals surface area contributed by atoms with Crippen molar-refractivity contribution in [1.82, 2.24) is 10.2 Å². The van der Waals surface area contributed by atoms with Gasteiger partial charge in [0.05, 0.1) is 5.92 Å². The summed E-state index contributed by atoms with van der Waals surface area (Å²) in [6.45, 7) is 4.06. The fourth-order valence-corrected chi connectivity index (χ4v) is 4.22. The van der Waals surface area contributed by atoms with Gasteiger partial charge in [-0.15, -0.1) is 0 Å². The van der Waals surface area contributed by atoms with Gasteiger partial charge in [-0.05, 0) is 35.1 Å². The molecule has 0 aromatic heterocycles. The molecule has 2 N–H and O–H groups in total. The molecule has 1 unspecified atom stereocenters. The summed E-state index contributed by atoms with van der Waals surface area (Å²) >= 11 is 0. The minimum atomic E-state index is -1.05. The lowest BCUT2D eigenvalue weighted by atomic mass is 9.98. The summed E-state index contributed by atoms with van der Waals surface area (Å²) in [6.07, 6.45) is 0.566. The van der Waals surface area contributed by atoms with Gasteiger partial charge >= 0.3 is 12.1 Å². The lowest BCUT2D eigenvalue weighted by molar-refractivity contribution is -0.146. The van der Waals surface area contributed by atoms with Crippen molar-refractivity contribution in [1.29, 1.82) is 0 Å². The second-order valence-electron chi connectivity index (χ2n) is 7.97. The molecule has 0 saturated carbocycles. The van der Waals surface area contributed by atoms with Gasteiger partial charge in [-0.1, -0.05) is 62.4 Å². The van der Waals surface area contributed by atoms with Crippen LogP contribution in [0.25, 0.3) is 11.1 Å². The van der Waals surface area contributed by atoms with Gasteiger partial charge in [0.1, 0.15) is 13.2 Å². The summed E-state index contributed by atoms with van der Waals surface area (Å²) < 4.78 is 5.52. The standard InChI is InChI=1S/C25H30N2O5/c1-3-13-27(15-23(28)29)24(30)17(4-2)14-26-25(31)32-16-22-20-11-7-5-9-18(20)19-10-6-8-12-21(19)22/h5-12,17,22H,3-4,13-16H2,1-2H3,(H,26,31)(H,28,29). The lowest BCUT2D eigenvalue weighted by Crippen LogP contribution is -2.44. The number of amides is 2. The van der Waals surface area contributed by atoms with Crippen LogP contribution in [0.15, 0.2) is 48.5 Å². The number of ether oxygens (including phenoxy) is 1. The number of alkyl carbamates (subject to hydrolysis) is 1. The Morgan fingerprint density at radius 2 is 1.62 bits per heavy atom. The number of carbonyl (C=O) groups is 3. The fraction of sp³-hybridized carbons (Fsp3) is 0.400. The minimum Gasteiger partial charge on any atom is -0.480 e. The third-order valence-corrected chi connectivity index (χ3v) is 5.81. The molecule has 0 aliphatic heterocycles. The van der Waals surface area contributed by atoms with Crippen LogP contribution in [0.4, 0.5) is 4.79 Å². The molecular formula is C25H30N2O5. The predicted molar refractivity (Wildman–Crippen MR) is 121 cm³/mol. The molecular weight excluding hydrogens is 408 g/mol.